The Balaban J connectivity index is 1.58. The van der Waals surface area contributed by atoms with Crippen molar-refractivity contribution >= 4 is 16.8 Å². The van der Waals surface area contributed by atoms with Crippen LogP contribution in [0, 0.1) is 0 Å². The molecule has 1 N–H and O–H groups in total. The minimum atomic E-state index is -0.120. The van der Waals surface area contributed by atoms with E-state index in [1.807, 2.05) is 54.2 Å². The van der Waals surface area contributed by atoms with Gasteiger partial charge < -0.3 is 19.4 Å². The molecule has 1 saturated heterocycles. The molecule has 0 saturated carbocycles. The molecule has 146 valence electrons. The summed E-state index contributed by atoms with van der Waals surface area (Å²) in [6.07, 6.45) is 3.75. The number of methoxy groups -OCH3 is 1. The number of fused-ring (bicyclic) bond motifs is 1. The molecule has 0 atom stereocenters. The molecule has 0 aliphatic carbocycles. The number of nitrogens with zero attached hydrogens (tertiary/aromatic N) is 1. The fourth-order valence-corrected chi connectivity index (χ4v) is 4.12. The van der Waals surface area contributed by atoms with E-state index in [2.05, 4.69) is 17.4 Å². The molecule has 4 rings (SSSR count). The molecule has 0 radical (unpaired) electrons. The second-order valence-corrected chi connectivity index (χ2v) is 7.47. The average molecular weight is 378 g/mol. The van der Waals surface area contributed by atoms with Crippen LogP contribution < -0.4 is 10.1 Å². The highest BCUT2D eigenvalue weighted by molar-refractivity contribution is 6.06. The van der Waals surface area contributed by atoms with Crippen molar-refractivity contribution in [2.24, 2.45) is 7.05 Å². The van der Waals surface area contributed by atoms with E-state index in [0.717, 1.165) is 35.1 Å². The van der Waals surface area contributed by atoms with Crippen molar-refractivity contribution in [2.45, 2.75) is 18.3 Å². The van der Waals surface area contributed by atoms with Crippen molar-refractivity contribution < 1.29 is 14.3 Å². The van der Waals surface area contributed by atoms with Crippen LogP contribution in [0.2, 0.25) is 0 Å². The van der Waals surface area contributed by atoms with E-state index in [4.69, 9.17) is 9.47 Å². The fraction of sp³-hybridized carbons (Fsp3) is 0.348. The number of aromatic nitrogens is 1. The summed E-state index contributed by atoms with van der Waals surface area (Å²) in [7, 11) is 3.66. The SMILES string of the molecule is COc1ccc(C2(CNC(=O)c3cccc4c3ccn4C)CCOCC2)cc1. The third-order valence-electron chi connectivity index (χ3n) is 5.91. The molecule has 0 spiro atoms. The zero-order valence-electron chi connectivity index (χ0n) is 16.4. The third-order valence-corrected chi connectivity index (χ3v) is 5.91. The van der Waals surface area contributed by atoms with E-state index in [-0.39, 0.29) is 11.3 Å². The highest BCUT2D eigenvalue weighted by Crippen LogP contribution is 2.35. The summed E-state index contributed by atoms with van der Waals surface area (Å²) in [6, 6.07) is 16.0. The zero-order valence-corrected chi connectivity index (χ0v) is 16.4. The number of carbonyl (C=O) groups excluding carboxylic acids is 1. The molecule has 1 fully saturated rings. The molecule has 1 aliphatic heterocycles. The molecule has 2 aromatic carbocycles. The van der Waals surface area contributed by atoms with Crippen LogP contribution in [0.15, 0.2) is 54.7 Å². The number of aryl methyl sites for hydroxylation is 1. The van der Waals surface area contributed by atoms with E-state index in [1.54, 1.807) is 7.11 Å². The van der Waals surface area contributed by atoms with Crippen LogP contribution >= 0.6 is 0 Å². The first-order valence-corrected chi connectivity index (χ1v) is 9.67. The van der Waals surface area contributed by atoms with Gasteiger partial charge in [0.15, 0.2) is 0 Å². The quantitative estimate of drug-likeness (QED) is 0.737. The minimum Gasteiger partial charge on any atom is -0.497 e. The maximum Gasteiger partial charge on any atom is 0.251 e. The average Bonchev–Trinajstić information content (AvgIpc) is 3.14. The Morgan fingerprint density at radius 2 is 1.89 bits per heavy atom. The summed E-state index contributed by atoms with van der Waals surface area (Å²) in [5, 5.41) is 4.18. The lowest BCUT2D eigenvalue weighted by Gasteiger charge is -2.38. The smallest absolute Gasteiger partial charge is 0.251 e. The van der Waals surface area contributed by atoms with E-state index >= 15 is 0 Å². The van der Waals surface area contributed by atoms with Crippen molar-refractivity contribution in [1.82, 2.24) is 9.88 Å². The molecule has 1 aliphatic rings. The van der Waals surface area contributed by atoms with E-state index in [0.29, 0.717) is 19.8 Å². The molecule has 5 nitrogen and oxygen atoms in total. The Hall–Kier alpha value is -2.79. The van der Waals surface area contributed by atoms with Crippen molar-refractivity contribution in [3.8, 4) is 5.75 Å². The van der Waals surface area contributed by atoms with Gasteiger partial charge >= 0.3 is 0 Å². The number of hydrogen-bond acceptors (Lipinski definition) is 3. The molecule has 1 amide bonds. The Labute approximate surface area is 165 Å². The first kappa shape index (κ1) is 18.6. The summed E-state index contributed by atoms with van der Waals surface area (Å²) < 4.78 is 12.9. The number of hydrogen-bond donors (Lipinski definition) is 1. The second-order valence-electron chi connectivity index (χ2n) is 7.47. The van der Waals surface area contributed by atoms with Gasteiger partial charge in [-0.1, -0.05) is 18.2 Å². The fourth-order valence-electron chi connectivity index (χ4n) is 4.12. The van der Waals surface area contributed by atoms with Crippen LogP contribution in [-0.2, 0) is 17.2 Å². The maximum atomic E-state index is 13.0. The lowest BCUT2D eigenvalue weighted by molar-refractivity contribution is 0.0487. The summed E-state index contributed by atoms with van der Waals surface area (Å²) >= 11 is 0. The van der Waals surface area contributed by atoms with Crippen LogP contribution in [0.3, 0.4) is 0 Å². The molecule has 1 aromatic heterocycles. The van der Waals surface area contributed by atoms with Gasteiger partial charge in [0.05, 0.1) is 7.11 Å². The highest BCUT2D eigenvalue weighted by atomic mass is 16.5. The Morgan fingerprint density at radius 3 is 2.61 bits per heavy atom. The predicted molar refractivity (Wildman–Crippen MR) is 110 cm³/mol. The highest BCUT2D eigenvalue weighted by Gasteiger charge is 2.35. The summed E-state index contributed by atoms with van der Waals surface area (Å²) in [4.78, 5) is 13.0. The number of amides is 1. The Morgan fingerprint density at radius 1 is 1.14 bits per heavy atom. The molecule has 28 heavy (non-hydrogen) atoms. The second kappa shape index (κ2) is 7.68. The first-order valence-electron chi connectivity index (χ1n) is 9.67. The number of benzene rings is 2. The van der Waals surface area contributed by atoms with Gasteiger partial charge in [0.2, 0.25) is 0 Å². The number of nitrogens with one attached hydrogen (secondary N) is 1. The van der Waals surface area contributed by atoms with Crippen molar-refractivity contribution in [3.63, 3.8) is 0 Å². The van der Waals surface area contributed by atoms with Gasteiger partial charge in [0.25, 0.3) is 5.91 Å². The molecular formula is C23H26N2O3. The van der Waals surface area contributed by atoms with Crippen molar-refractivity contribution in [2.75, 3.05) is 26.9 Å². The third kappa shape index (κ3) is 3.38. The molecule has 2 heterocycles. The molecular weight excluding hydrogens is 352 g/mol. The van der Waals surface area contributed by atoms with E-state index < -0.39 is 0 Å². The topological polar surface area (TPSA) is 52.5 Å². The standard InChI is InChI=1S/C23H26N2O3/c1-25-13-10-19-20(4-3-5-21(19)25)22(26)24-16-23(11-14-28-15-12-23)17-6-8-18(27-2)9-7-17/h3-10,13H,11-12,14-16H2,1-2H3,(H,24,26). The van der Waals surface area contributed by atoms with Gasteiger partial charge in [-0.3, -0.25) is 4.79 Å². The summed E-state index contributed by atoms with van der Waals surface area (Å²) in [6.45, 7) is 2.00. The lowest BCUT2D eigenvalue weighted by atomic mass is 9.74. The van der Waals surface area contributed by atoms with E-state index in [9.17, 15) is 4.79 Å². The van der Waals surface area contributed by atoms with Crippen LogP contribution in [0.1, 0.15) is 28.8 Å². The maximum absolute atomic E-state index is 13.0. The monoisotopic (exact) mass is 378 g/mol. The van der Waals surface area contributed by atoms with Gasteiger partial charge in [-0.15, -0.1) is 0 Å². The molecule has 5 heteroatoms. The summed E-state index contributed by atoms with van der Waals surface area (Å²) in [5.41, 5.74) is 2.87. The number of carbonyl (C=O) groups is 1. The van der Waals surface area contributed by atoms with Crippen LogP contribution in [0.25, 0.3) is 10.9 Å². The van der Waals surface area contributed by atoms with Gasteiger partial charge in [-0.05, 0) is 48.7 Å². The number of rotatable bonds is 5. The van der Waals surface area contributed by atoms with Gasteiger partial charge in [0.1, 0.15) is 5.75 Å². The lowest BCUT2D eigenvalue weighted by Crippen LogP contribution is -2.44. The van der Waals surface area contributed by atoms with E-state index in [1.165, 1.54) is 5.56 Å². The zero-order chi connectivity index (χ0) is 19.6. The predicted octanol–water partition coefficient (Wildman–Crippen LogP) is 3.67. The van der Waals surface area contributed by atoms with Crippen molar-refractivity contribution in [1.29, 1.82) is 0 Å². The minimum absolute atomic E-state index is 0.0313. The molecule has 0 bridgehead atoms. The van der Waals surface area contributed by atoms with Crippen LogP contribution in [0.5, 0.6) is 5.75 Å². The molecule has 0 unspecified atom stereocenters. The Bertz CT molecular complexity index is 969. The van der Waals surface area contributed by atoms with Crippen LogP contribution in [0.4, 0.5) is 0 Å². The largest absolute Gasteiger partial charge is 0.497 e. The molecule has 3 aromatic rings. The Kier molecular flexibility index (Phi) is 5.09. The normalized spacial score (nSPS) is 16.1. The van der Waals surface area contributed by atoms with Crippen LogP contribution in [-0.4, -0.2) is 37.3 Å². The number of ether oxygens (including phenoxy) is 2. The van der Waals surface area contributed by atoms with Crippen molar-refractivity contribution in [3.05, 3.63) is 65.9 Å². The van der Waals surface area contributed by atoms with Gasteiger partial charge in [-0.25, -0.2) is 0 Å². The van der Waals surface area contributed by atoms with Gasteiger partial charge in [-0.2, -0.15) is 0 Å². The first-order chi connectivity index (χ1) is 13.6. The van der Waals surface area contributed by atoms with Gasteiger partial charge in [0, 0.05) is 54.9 Å². The summed E-state index contributed by atoms with van der Waals surface area (Å²) in [5.74, 6) is 0.807.